The molecule has 5 nitrogen and oxygen atoms in total. The summed E-state index contributed by atoms with van der Waals surface area (Å²) in [4.78, 5) is 6.55. The number of aliphatic imine (C=N–C) groups is 1. The van der Waals surface area contributed by atoms with Gasteiger partial charge >= 0.3 is 6.18 Å². The highest BCUT2D eigenvalue weighted by molar-refractivity contribution is 5.79. The maximum atomic E-state index is 12.3. The Bertz CT molecular complexity index is 581. The number of guanidine groups is 1. The molecule has 1 rings (SSSR count). The largest absolute Gasteiger partial charge is 0.484 e. The van der Waals surface area contributed by atoms with E-state index >= 15 is 0 Å². The third-order valence-corrected chi connectivity index (χ3v) is 3.97. The van der Waals surface area contributed by atoms with E-state index in [2.05, 4.69) is 48.2 Å². The highest BCUT2D eigenvalue weighted by atomic mass is 19.4. The van der Waals surface area contributed by atoms with Crippen LogP contribution in [-0.4, -0.2) is 55.9 Å². The lowest BCUT2D eigenvalue weighted by Gasteiger charge is -2.30. The molecule has 1 aromatic carbocycles. The molecular formula is C19H31F3N4O. The Balaban J connectivity index is 2.48. The number of ether oxygens (including phenoxy) is 1. The molecule has 0 aliphatic rings. The number of rotatable bonds is 9. The molecule has 0 bridgehead atoms. The van der Waals surface area contributed by atoms with Crippen LogP contribution in [0.15, 0.2) is 29.3 Å². The van der Waals surface area contributed by atoms with Gasteiger partial charge in [-0.2, -0.15) is 13.2 Å². The zero-order valence-corrected chi connectivity index (χ0v) is 16.7. The van der Waals surface area contributed by atoms with Crippen LogP contribution in [0.4, 0.5) is 13.2 Å². The Kier molecular flexibility index (Phi) is 9.41. The van der Waals surface area contributed by atoms with Crippen molar-refractivity contribution >= 4 is 5.96 Å². The van der Waals surface area contributed by atoms with Crippen molar-refractivity contribution in [2.45, 2.75) is 52.5 Å². The monoisotopic (exact) mass is 388 g/mol. The summed E-state index contributed by atoms with van der Waals surface area (Å²) >= 11 is 0. The molecule has 0 atom stereocenters. The van der Waals surface area contributed by atoms with E-state index in [1.807, 2.05) is 6.07 Å². The first-order valence-electron chi connectivity index (χ1n) is 9.11. The lowest BCUT2D eigenvalue weighted by molar-refractivity contribution is -0.153. The molecule has 0 radical (unpaired) electrons. The molecule has 2 N–H and O–H groups in total. The maximum Gasteiger partial charge on any atom is 0.422 e. The van der Waals surface area contributed by atoms with Crippen molar-refractivity contribution in [3.63, 3.8) is 0 Å². The van der Waals surface area contributed by atoms with Crippen LogP contribution in [-0.2, 0) is 6.54 Å². The molecule has 0 spiro atoms. The molecule has 0 aromatic heterocycles. The molecule has 154 valence electrons. The minimum absolute atomic E-state index is 0.194. The first kappa shape index (κ1) is 23.1. The first-order valence-corrected chi connectivity index (χ1v) is 9.11. The van der Waals surface area contributed by atoms with Gasteiger partial charge < -0.3 is 15.4 Å². The third-order valence-electron chi connectivity index (χ3n) is 3.97. The van der Waals surface area contributed by atoms with Crippen molar-refractivity contribution in [3.05, 3.63) is 29.8 Å². The molecule has 0 amide bonds. The van der Waals surface area contributed by atoms with E-state index in [9.17, 15) is 13.2 Å². The molecule has 8 heteroatoms. The predicted octanol–water partition coefficient (Wildman–Crippen LogP) is 3.41. The van der Waals surface area contributed by atoms with Gasteiger partial charge in [-0.25, -0.2) is 0 Å². The summed E-state index contributed by atoms with van der Waals surface area (Å²) < 4.78 is 41.5. The van der Waals surface area contributed by atoms with Gasteiger partial charge in [-0.1, -0.05) is 12.1 Å². The smallest absolute Gasteiger partial charge is 0.422 e. The highest BCUT2D eigenvalue weighted by Crippen LogP contribution is 2.19. The van der Waals surface area contributed by atoms with Gasteiger partial charge in [0.15, 0.2) is 12.6 Å². The summed E-state index contributed by atoms with van der Waals surface area (Å²) in [5.41, 5.74) is 0.809. The minimum atomic E-state index is -4.35. The molecule has 0 saturated heterocycles. The van der Waals surface area contributed by atoms with Gasteiger partial charge in [0.2, 0.25) is 0 Å². The molecule has 1 aromatic rings. The van der Waals surface area contributed by atoms with Crippen molar-refractivity contribution in [2.24, 2.45) is 4.99 Å². The van der Waals surface area contributed by atoms with Crippen LogP contribution in [0.25, 0.3) is 0 Å². The van der Waals surface area contributed by atoms with Crippen LogP contribution in [0, 0.1) is 0 Å². The van der Waals surface area contributed by atoms with Crippen molar-refractivity contribution < 1.29 is 17.9 Å². The molecule has 0 fully saturated rings. The van der Waals surface area contributed by atoms with Crippen molar-refractivity contribution in [3.8, 4) is 5.75 Å². The van der Waals surface area contributed by atoms with Gasteiger partial charge in [0.1, 0.15) is 5.75 Å². The molecule has 0 aliphatic heterocycles. The number of benzene rings is 1. The Morgan fingerprint density at radius 2 is 1.81 bits per heavy atom. The van der Waals surface area contributed by atoms with Crippen molar-refractivity contribution in [2.75, 3.05) is 26.7 Å². The van der Waals surface area contributed by atoms with E-state index in [0.29, 0.717) is 24.6 Å². The van der Waals surface area contributed by atoms with Crippen LogP contribution in [0.5, 0.6) is 5.75 Å². The van der Waals surface area contributed by atoms with Crippen molar-refractivity contribution in [1.82, 2.24) is 15.5 Å². The van der Waals surface area contributed by atoms with Gasteiger partial charge in [0, 0.05) is 38.8 Å². The van der Waals surface area contributed by atoms with Crippen molar-refractivity contribution in [1.29, 1.82) is 0 Å². The van der Waals surface area contributed by atoms with Crippen LogP contribution in [0.3, 0.4) is 0 Å². The lowest BCUT2D eigenvalue weighted by atomic mass is 10.2. The van der Waals surface area contributed by atoms with E-state index in [4.69, 9.17) is 4.74 Å². The number of halogens is 3. The molecule has 27 heavy (non-hydrogen) atoms. The fraction of sp³-hybridized carbons (Fsp3) is 0.632. The van der Waals surface area contributed by atoms with E-state index in [0.717, 1.165) is 18.7 Å². The topological polar surface area (TPSA) is 48.9 Å². The quantitative estimate of drug-likeness (QED) is 0.503. The second kappa shape index (κ2) is 11.0. The Labute approximate surface area is 160 Å². The van der Waals surface area contributed by atoms with E-state index < -0.39 is 12.8 Å². The standard InChI is InChI=1S/C19H31F3N4O/c1-14(2)26(15(3)4)10-9-24-18(23-5)25-12-16-7-6-8-17(11-16)27-13-19(20,21)22/h6-8,11,14-15H,9-10,12-13H2,1-5H3,(H2,23,24,25). The van der Waals surface area contributed by atoms with Gasteiger partial charge in [0.05, 0.1) is 0 Å². The normalized spacial score (nSPS) is 12.8. The summed E-state index contributed by atoms with van der Waals surface area (Å²) in [7, 11) is 1.68. The second-order valence-electron chi connectivity index (χ2n) is 6.83. The summed E-state index contributed by atoms with van der Waals surface area (Å²) in [5.74, 6) is 0.836. The highest BCUT2D eigenvalue weighted by Gasteiger charge is 2.28. The predicted molar refractivity (Wildman–Crippen MR) is 103 cm³/mol. The summed E-state index contributed by atoms with van der Waals surface area (Å²) in [6.07, 6.45) is -4.35. The van der Waals surface area contributed by atoms with Crippen LogP contribution < -0.4 is 15.4 Å². The van der Waals surface area contributed by atoms with E-state index in [1.165, 1.54) is 6.07 Å². The fourth-order valence-electron chi connectivity index (χ4n) is 2.73. The van der Waals surface area contributed by atoms with E-state index in [1.54, 1.807) is 19.2 Å². The summed E-state index contributed by atoms with van der Waals surface area (Å²) in [6.45, 7) is 9.43. The van der Waals surface area contributed by atoms with E-state index in [-0.39, 0.29) is 5.75 Å². The Hall–Kier alpha value is -1.96. The minimum Gasteiger partial charge on any atom is -0.484 e. The lowest BCUT2D eigenvalue weighted by Crippen LogP contribution is -2.45. The second-order valence-corrected chi connectivity index (χ2v) is 6.83. The van der Waals surface area contributed by atoms with Gasteiger partial charge in [-0.05, 0) is 45.4 Å². The molecule has 0 aliphatic carbocycles. The Morgan fingerprint density at radius 1 is 1.15 bits per heavy atom. The first-order chi connectivity index (χ1) is 12.6. The van der Waals surface area contributed by atoms with Gasteiger partial charge in [-0.15, -0.1) is 0 Å². The van der Waals surface area contributed by atoms with Gasteiger partial charge in [0.25, 0.3) is 0 Å². The molecule has 0 heterocycles. The van der Waals surface area contributed by atoms with Crippen LogP contribution in [0.1, 0.15) is 33.3 Å². The van der Waals surface area contributed by atoms with Crippen LogP contribution >= 0.6 is 0 Å². The number of hydrogen-bond acceptors (Lipinski definition) is 3. The summed E-state index contributed by atoms with van der Waals surface area (Å²) in [6, 6.07) is 7.50. The SMILES string of the molecule is CN=C(NCCN(C(C)C)C(C)C)NCc1cccc(OCC(F)(F)F)c1. The zero-order chi connectivity index (χ0) is 20.4. The number of nitrogens with zero attached hydrogens (tertiary/aromatic N) is 2. The average molecular weight is 388 g/mol. The molecular weight excluding hydrogens is 357 g/mol. The maximum absolute atomic E-state index is 12.3. The zero-order valence-electron chi connectivity index (χ0n) is 16.7. The van der Waals surface area contributed by atoms with Gasteiger partial charge in [-0.3, -0.25) is 9.89 Å². The number of nitrogens with one attached hydrogen (secondary N) is 2. The van der Waals surface area contributed by atoms with Crippen LogP contribution in [0.2, 0.25) is 0 Å². The fourth-order valence-corrected chi connectivity index (χ4v) is 2.73. The third kappa shape index (κ3) is 9.51. The molecule has 0 unspecified atom stereocenters. The number of hydrogen-bond donors (Lipinski definition) is 2. The summed E-state index contributed by atoms with van der Waals surface area (Å²) in [5, 5.41) is 6.42. The molecule has 0 saturated carbocycles. The Morgan fingerprint density at radius 3 is 2.37 bits per heavy atom. The number of alkyl halides is 3. The average Bonchev–Trinajstić information content (AvgIpc) is 2.58.